The number of hydrogen-bond acceptors (Lipinski definition) is 1. The Morgan fingerprint density at radius 1 is 1.19 bits per heavy atom. The molecule has 1 aliphatic rings. The van der Waals surface area contributed by atoms with E-state index in [1.807, 2.05) is 0 Å². The molecule has 2 atom stereocenters. The van der Waals surface area contributed by atoms with Gasteiger partial charge in [-0.3, -0.25) is 0 Å². The van der Waals surface area contributed by atoms with Crippen molar-refractivity contribution in [2.75, 3.05) is 0 Å². The Kier molecular flexibility index (Phi) is 3.85. The van der Waals surface area contributed by atoms with E-state index >= 15 is 0 Å². The lowest BCUT2D eigenvalue weighted by Gasteiger charge is -2.46. The van der Waals surface area contributed by atoms with Gasteiger partial charge in [-0.15, -0.1) is 0 Å². The molecule has 1 aromatic rings. The quantitative estimate of drug-likeness (QED) is 0.738. The molecule has 0 bridgehead atoms. The van der Waals surface area contributed by atoms with E-state index < -0.39 is 23.1 Å². The van der Waals surface area contributed by atoms with Crippen molar-refractivity contribution < 1.29 is 17.6 Å². The number of rotatable bonds is 1. The van der Waals surface area contributed by atoms with Crippen LogP contribution in [-0.2, 0) is 11.7 Å². The average molecular weight is 303 g/mol. The molecule has 1 fully saturated rings. The van der Waals surface area contributed by atoms with Gasteiger partial charge in [0.05, 0.1) is 5.56 Å². The van der Waals surface area contributed by atoms with Crippen LogP contribution >= 0.6 is 0 Å². The van der Waals surface area contributed by atoms with Gasteiger partial charge in [0, 0.05) is 5.54 Å². The van der Waals surface area contributed by atoms with Crippen LogP contribution in [0.1, 0.15) is 51.2 Å². The third-order valence-electron chi connectivity index (χ3n) is 4.25. The molecule has 1 saturated carbocycles. The zero-order valence-electron chi connectivity index (χ0n) is 12.5. The Hall–Kier alpha value is -1.10. The fourth-order valence-corrected chi connectivity index (χ4v) is 3.91. The molecule has 0 heterocycles. The second-order valence-corrected chi connectivity index (χ2v) is 7.20. The molecule has 21 heavy (non-hydrogen) atoms. The molecule has 2 N–H and O–H groups in total. The van der Waals surface area contributed by atoms with Gasteiger partial charge in [0.1, 0.15) is 5.82 Å². The van der Waals surface area contributed by atoms with Gasteiger partial charge in [0.15, 0.2) is 0 Å². The lowest BCUT2D eigenvalue weighted by atomic mass is 9.62. The van der Waals surface area contributed by atoms with Crippen molar-refractivity contribution in [3.8, 4) is 0 Å². The molecule has 0 amide bonds. The fourth-order valence-electron chi connectivity index (χ4n) is 3.91. The highest BCUT2D eigenvalue weighted by atomic mass is 19.4. The van der Waals surface area contributed by atoms with E-state index in [9.17, 15) is 17.6 Å². The van der Waals surface area contributed by atoms with Crippen LogP contribution < -0.4 is 5.73 Å². The minimum Gasteiger partial charge on any atom is -0.321 e. The van der Waals surface area contributed by atoms with Crippen LogP contribution in [0.4, 0.5) is 17.6 Å². The van der Waals surface area contributed by atoms with E-state index in [1.165, 1.54) is 6.07 Å². The monoisotopic (exact) mass is 303 g/mol. The molecule has 1 nitrogen and oxygen atoms in total. The van der Waals surface area contributed by atoms with Gasteiger partial charge >= 0.3 is 6.18 Å². The van der Waals surface area contributed by atoms with Crippen molar-refractivity contribution in [1.82, 2.24) is 0 Å². The van der Waals surface area contributed by atoms with E-state index in [0.717, 1.165) is 18.6 Å². The van der Waals surface area contributed by atoms with E-state index in [1.54, 1.807) is 0 Å². The second-order valence-electron chi connectivity index (χ2n) is 7.20. The lowest BCUT2D eigenvalue weighted by Crippen LogP contribution is -2.46. The molecular formula is C16H21F4N. The van der Waals surface area contributed by atoms with Crippen LogP contribution in [0, 0.1) is 17.2 Å². The van der Waals surface area contributed by atoms with Gasteiger partial charge in [-0.2, -0.15) is 13.2 Å². The summed E-state index contributed by atoms with van der Waals surface area (Å²) >= 11 is 0. The summed E-state index contributed by atoms with van der Waals surface area (Å²) in [5, 5.41) is 0. The number of hydrogen-bond donors (Lipinski definition) is 1. The maximum Gasteiger partial charge on any atom is 0.419 e. The normalized spacial score (nSPS) is 29.4. The molecule has 2 unspecified atom stereocenters. The summed E-state index contributed by atoms with van der Waals surface area (Å²) in [6, 6.07) is 3.14. The summed E-state index contributed by atoms with van der Waals surface area (Å²) in [6.07, 6.45) is -2.52. The highest BCUT2D eigenvalue weighted by Crippen LogP contribution is 2.48. The first kappa shape index (κ1) is 16.3. The SMILES string of the molecule is CC1CC(C)(C)CC(N)(c2ccc(F)c(C(F)(F)F)c2)C1. The van der Waals surface area contributed by atoms with Crippen LogP contribution in [0.15, 0.2) is 18.2 Å². The van der Waals surface area contributed by atoms with Crippen molar-refractivity contribution >= 4 is 0 Å². The third kappa shape index (κ3) is 3.39. The van der Waals surface area contributed by atoms with Crippen molar-refractivity contribution in [3.63, 3.8) is 0 Å². The molecule has 0 aromatic heterocycles. The molecule has 1 aromatic carbocycles. The maximum absolute atomic E-state index is 13.4. The molecule has 0 spiro atoms. The number of alkyl halides is 3. The van der Waals surface area contributed by atoms with E-state index in [4.69, 9.17) is 5.73 Å². The highest BCUT2D eigenvalue weighted by molar-refractivity contribution is 5.33. The predicted molar refractivity (Wildman–Crippen MR) is 74.1 cm³/mol. The Morgan fingerprint density at radius 3 is 2.33 bits per heavy atom. The second kappa shape index (κ2) is 4.97. The molecule has 2 rings (SSSR count). The maximum atomic E-state index is 13.4. The zero-order chi connectivity index (χ0) is 16.1. The van der Waals surface area contributed by atoms with Crippen LogP contribution in [0.5, 0.6) is 0 Å². The Morgan fingerprint density at radius 2 is 1.81 bits per heavy atom. The van der Waals surface area contributed by atoms with Crippen LogP contribution in [0.25, 0.3) is 0 Å². The number of benzene rings is 1. The highest BCUT2D eigenvalue weighted by Gasteiger charge is 2.43. The summed E-state index contributed by atoms with van der Waals surface area (Å²) in [5.41, 5.74) is 4.67. The first-order valence-corrected chi connectivity index (χ1v) is 7.09. The van der Waals surface area contributed by atoms with Gasteiger partial charge in [-0.05, 0) is 48.3 Å². The minimum atomic E-state index is -4.70. The van der Waals surface area contributed by atoms with E-state index in [0.29, 0.717) is 24.3 Å². The smallest absolute Gasteiger partial charge is 0.321 e. The molecule has 118 valence electrons. The summed E-state index contributed by atoms with van der Waals surface area (Å²) in [6.45, 7) is 6.19. The van der Waals surface area contributed by atoms with Crippen molar-refractivity contribution in [2.24, 2.45) is 17.1 Å². The summed E-state index contributed by atoms with van der Waals surface area (Å²) in [5.74, 6) is -0.934. The fraction of sp³-hybridized carbons (Fsp3) is 0.625. The summed E-state index contributed by atoms with van der Waals surface area (Å²) in [7, 11) is 0. The molecule has 1 aliphatic carbocycles. The van der Waals surface area contributed by atoms with Gasteiger partial charge in [-0.25, -0.2) is 4.39 Å². The standard InChI is InChI=1S/C16H21F4N/c1-10-7-14(2,3)9-15(21,8-10)11-4-5-13(17)12(6-11)16(18,19)20/h4-6,10H,7-9,21H2,1-3H3. The zero-order valence-corrected chi connectivity index (χ0v) is 12.5. The molecule has 0 saturated heterocycles. The van der Waals surface area contributed by atoms with Gasteiger partial charge in [0.2, 0.25) is 0 Å². The van der Waals surface area contributed by atoms with Crippen LogP contribution in [0.2, 0.25) is 0 Å². The van der Waals surface area contributed by atoms with E-state index in [-0.39, 0.29) is 5.41 Å². The van der Waals surface area contributed by atoms with Gasteiger partial charge in [-0.1, -0.05) is 26.8 Å². The Balaban J connectivity index is 2.46. The first-order chi connectivity index (χ1) is 9.43. The number of nitrogens with two attached hydrogens (primary N) is 1. The largest absolute Gasteiger partial charge is 0.419 e. The van der Waals surface area contributed by atoms with Crippen molar-refractivity contribution in [3.05, 3.63) is 35.1 Å². The van der Waals surface area contributed by atoms with Gasteiger partial charge < -0.3 is 5.73 Å². The lowest BCUT2D eigenvalue weighted by molar-refractivity contribution is -0.140. The summed E-state index contributed by atoms with van der Waals surface area (Å²) in [4.78, 5) is 0. The molecule has 0 radical (unpaired) electrons. The topological polar surface area (TPSA) is 26.0 Å². The number of halogens is 4. The van der Waals surface area contributed by atoms with Gasteiger partial charge in [0.25, 0.3) is 0 Å². The first-order valence-electron chi connectivity index (χ1n) is 7.09. The minimum absolute atomic E-state index is 0.0425. The average Bonchev–Trinajstić information content (AvgIpc) is 2.23. The molecule has 0 aliphatic heterocycles. The third-order valence-corrected chi connectivity index (χ3v) is 4.25. The predicted octanol–water partition coefficient (Wildman–Crippen LogP) is 4.84. The Bertz CT molecular complexity index is 536. The van der Waals surface area contributed by atoms with Crippen LogP contribution in [0.3, 0.4) is 0 Å². The van der Waals surface area contributed by atoms with Crippen molar-refractivity contribution in [2.45, 2.75) is 51.7 Å². The summed E-state index contributed by atoms with van der Waals surface area (Å²) < 4.78 is 52.0. The molecule has 5 heteroatoms. The van der Waals surface area contributed by atoms with Crippen LogP contribution in [-0.4, -0.2) is 0 Å². The van der Waals surface area contributed by atoms with Crippen molar-refractivity contribution in [1.29, 1.82) is 0 Å². The molecular weight excluding hydrogens is 282 g/mol. The van der Waals surface area contributed by atoms with E-state index in [2.05, 4.69) is 20.8 Å². The Labute approximate surface area is 122 Å².